The molecular formula is H6GeN4. The van der Waals surface area contributed by atoms with E-state index in [1.54, 1.807) is 0 Å². The first-order valence-corrected chi connectivity index (χ1v) is 0.827. The van der Waals surface area contributed by atoms with Gasteiger partial charge in [0, 0.05) is 17.6 Å². The zero-order valence-electron chi connectivity index (χ0n) is 2.65. The molecule has 30 valence electrons. The van der Waals surface area contributed by atoms with Crippen LogP contribution in [-0.2, 0) is 0 Å². The van der Waals surface area contributed by atoms with E-state index in [0.29, 0.717) is 0 Å². The summed E-state index contributed by atoms with van der Waals surface area (Å²) in [4.78, 5) is 0. The van der Waals surface area contributed by atoms with Gasteiger partial charge in [-0.15, -0.1) is 0 Å². The van der Waals surface area contributed by atoms with Gasteiger partial charge in [-0.3, -0.25) is 11.7 Å². The Balaban J connectivity index is 0. The molecule has 0 aromatic heterocycles. The number of nitrogens with one attached hydrogen (secondary N) is 2. The molecule has 5 heavy (non-hydrogen) atoms. The van der Waals surface area contributed by atoms with Gasteiger partial charge in [-0.2, -0.15) is 11.1 Å². The van der Waals surface area contributed by atoms with Gasteiger partial charge in [0.1, 0.15) is 0 Å². The molecule has 0 spiro atoms. The first-order chi connectivity index (χ1) is 1.91. The van der Waals surface area contributed by atoms with Crippen LogP contribution in [0.4, 0.5) is 0 Å². The van der Waals surface area contributed by atoms with Crippen LogP contribution >= 0.6 is 0 Å². The Bertz CT molecular complexity index is 5.61. The fraction of sp³-hybridized carbons (Fsp3) is 0. The van der Waals surface area contributed by atoms with Crippen LogP contribution in [0.25, 0.3) is 0 Å². The average Bonchev–Trinajstić information content (AvgIpc) is 1.37. The van der Waals surface area contributed by atoms with Gasteiger partial charge in [0.25, 0.3) is 0 Å². The Morgan fingerprint density at radius 2 is 1.20 bits per heavy atom. The molecule has 0 amide bonds. The van der Waals surface area contributed by atoms with Gasteiger partial charge in [-0.05, 0) is 0 Å². The third-order valence-electron chi connectivity index (χ3n) is 0.0833. The van der Waals surface area contributed by atoms with Crippen molar-refractivity contribution in [1.29, 1.82) is 0 Å². The monoisotopic (exact) mass is 136 g/mol. The summed E-state index contributed by atoms with van der Waals surface area (Å²) in [7, 11) is 0. The molecular weight excluding hydrogens is 129 g/mol. The average molecular weight is 135 g/mol. The molecule has 0 bridgehead atoms. The summed E-state index contributed by atoms with van der Waals surface area (Å²) in [6.07, 6.45) is 0. The Morgan fingerprint density at radius 1 is 1.00 bits per heavy atom. The number of hydrogen-bond donors (Lipinski definition) is 4. The predicted molar refractivity (Wildman–Crippen MR) is 20.4 cm³/mol. The smallest absolute Gasteiger partial charge is 0 e. The van der Waals surface area contributed by atoms with E-state index in [9.17, 15) is 0 Å². The van der Waals surface area contributed by atoms with E-state index in [0.717, 1.165) is 0 Å². The molecule has 0 saturated heterocycles. The molecule has 0 aromatic carbocycles. The molecule has 0 fully saturated rings. The zero-order valence-corrected chi connectivity index (χ0v) is 4.75. The normalized spacial score (nSPS) is 6.00. The third kappa shape index (κ3) is 13.0. The van der Waals surface area contributed by atoms with Crippen LogP contribution in [0.2, 0.25) is 0 Å². The Hall–Kier alpha value is 0.383. The summed E-state index contributed by atoms with van der Waals surface area (Å²) in [6.45, 7) is 0. The van der Waals surface area contributed by atoms with Crippen LogP contribution in [-0.4, -0.2) is 17.6 Å². The quantitative estimate of drug-likeness (QED) is 0.181. The second-order valence-electron chi connectivity index (χ2n) is 0.289. The zero-order chi connectivity index (χ0) is 3.41. The number of hydrazine groups is 3. The second-order valence-corrected chi connectivity index (χ2v) is 0.289. The summed E-state index contributed by atoms with van der Waals surface area (Å²) in [5, 5.41) is 0. The fourth-order valence-corrected chi connectivity index (χ4v) is 0. The number of hydrogen-bond acceptors (Lipinski definition) is 4. The molecule has 4 radical (unpaired) electrons. The van der Waals surface area contributed by atoms with Gasteiger partial charge in [0.15, 0.2) is 0 Å². The maximum Gasteiger partial charge on any atom is 0 e. The Kier molecular flexibility index (Phi) is 16.0. The third-order valence-corrected chi connectivity index (χ3v) is 0.0833. The van der Waals surface area contributed by atoms with Crippen molar-refractivity contribution in [2.45, 2.75) is 0 Å². The minimum absolute atomic E-state index is 0. The van der Waals surface area contributed by atoms with Crippen LogP contribution in [0.3, 0.4) is 0 Å². The minimum Gasteiger partial charge on any atom is -0.257 e. The molecule has 5 heteroatoms. The standard InChI is InChI=1S/Ge.H6N4/c;1-3-4-2/h;3-4H,1-2H2. The molecule has 0 rings (SSSR count). The summed E-state index contributed by atoms with van der Waals surface area (Å²) in [6, 6.07) is 0. The minimum atomic E-state index is 0. The number of nitrogens with two attached hydrogens (primary N) is 2. The second kappa shape index (κ2) is 8.83. The molecule has 0 atom stereocenters. The van der Waals surface area contributed by atoms with Crippen molar-refractivity contribution in [3.63, 3.8) is 0 Å². The molecule has 0 aliphatic rings. The maximum atomic E-state index is 4.54. The molecule has 4 nitrogen and oxygen atoms in total. The van der Waals surface area contributed by atoms with Crippen LogP contribution in [0.5, 0.6) is 0 Å². The first kappa shape index (κ1) is 9.04. The van der Waals surface area contributed by atoms with Gasteiger partial charge in [-0.25, -0.2) is 0 Å². The largest absolute Gasteiger partial charge is 0.257 e. The van der Waals surface area contributed by atoms with E-state index in [1.165, 1.54) is 0 Å². The molecule has 6 N–H and O–H groups in total. The first-order valence-electron chi connectivity index (χ1n) is 0.827. The fourth-order valence-electron chi connectivity index (χ4n) is 0. The summed E-state index contributed by atoms with van der Waals surface area (Å²) in [5.41, 5.74) is 3.92. The van der Waals surface area contributed by atoms with E-state index < -0.39 is 0 Å². The van der Waals surface area contributed by atoms with E-state index in [-0.39, 0.29) is 17.6 Å². The maximum absolute atomic E-state index is 4.54. The number of rotatable bonds is 1. The van der Waals surface area contributed by atoms with E-state index in [4.69, 9.17) is 0 Å². The van der Waals surface area contributed by atoms with E-state index in [1.807, 2.05) is 11.1 Å². The summed E-state index contributed by atoms with van der Waals surface area (Å²) >= 11 is 0. The van der Waals surface area contributed by atoms with Crippen molar-refractivity contribution in [3.8, 4) is 0 Å². The van der Waals surface area contributed by atoms with Crippen LogP contribution in [0.15, 0.2) is 0 Å². The van der Waals surface area contributed by atoms with Crippen molar-refractivity contribution in [2.75, 3.05) is 0 Å². The van der Waals surface area contributed by atoms with Crippen molar-refractivity contribution < 1.29 is 0 Å². The molecule has 0 saturated carbocycles. The SMILES string of the molecule is NNNN.[Ge]. The van der Waals surface area contributed by atoms with Crippen LogP contribution in [0, 0.1) is 0 Å². The van der Waals surface area contributed by atoms with Crippen molar-refractivity contribution in [3.05, 3.63) is 0 Å². The van der Waals surface area contributed by atoms with Gasteiger partial charge in [0.2, 0.25) is 0 Å². The van der Waals surface area contributed by atoms with E-state index in [2.05, 4.69) is 11.7 Å². The molecule has 0 heterocycles. The van der Waals surface area contributed by atoms with Crippen molar-refractivity contribution >= 4 is 17.6 Å². The Labute approximate surface area is 41.2 Å². The van der Waals surface area contributed by atoms with Gasteiger partial charge in [-0.1, -0.05) is 0 Å². The predicted octanol–water partition coefficient (Wildman–Crippen LogP) is -2.55. The van der Waals surface area contributed by atoms with E-state index >= 15 is 0 Å². The van der Waals surface area contributed by atoms with Crippen LogP contribution in [0.1, 0.15) is 0 Å². The van der Waals surface area contributed by atoms with Crippen molar-refractivity contribution in [1.82, 2.24) is 11.1 Å². The topological polar surface area (TPSA) is 76.1 Å². The van der Waals surface area contributed by atoms with Gasteiger partial charge in [0.05, 0.1) is 0 Å². The Morgan fingerprint density at radius 3 is 1.20 bits per heavy atom. The van der Waals surface area contributed by atoms with Gasteiger partial charge < -0.3 is 0 Å². The van der Waals surface area contributed by atoms with Crippen LogP contribution < -0.4 is 22.8 Å². The summed E-state index contributed by atoms with van der Waals surface area (Å²) < 4.78 is 0. The molecule has 0 aliphatic heterocycles. The molecule has 0 aromatic rings. The molecule has 0 aliphatic carbocycles. The van der Waals surface area contributed by atoms with Crippen molar-refractivity contribution in [2.24, 2.45) is 11.7 Å². The summed E-state index contributed by atoms with van der Waals surface area (Å²) in [5.74, 6) is 9.08. The van der Waals surface area contributed by atoms with Gasteiger partial charge >= 0.3 is 0 Å². The molecule has 0 unspecified atom stereocenters.